The zero-order valence-corrected chi connectivity index (χ0v) is 17.3. The van der Waals surface area contributed by atoms with Crippen LogP contribution >= 0.6 is 0 Å². The van der Waals surface area contributed by atoms with E-state index >= 15 is 0 Å². The summed E-state index contributed by atoms with van der Waals surface area (Å²) >= 11 is 0. The van der Waals surface area contributed by atoms with Crippen molar-refractivity contribution in [3.05, 3.63) is 54.1 Å². The van der Waals surface area contributed by atoms with E-state index in [1.54, 1.807) is 35.6 Å². The molecule has 1 amide bonds. The van der Waals surface area contributed by atoms with Gasteiger partial charge in [-0.3, -0.25) is 4.79 Å². The highest BCUT2D eigenvalue weighted by Gasteiger charge is 2.30. The van der Waals surface area contributed by atoms with E-state index in [-0.39, 0.29) is 30.4 Å². The Labute approximate surface area is 169 Å². The molecule has 4 rings (SSSR count). The van der Waals surface area contributed by atoms with Crippen molar-refractivity contribution in [3.8, 4) is 0 Å². The van der Waals surface area contributed by atoms with Crippen LogP contribution < -0.4 is 0 Å². The van der Waals surface area contributed by atoms with Crippen LogP contribution in [0.4, 0.5) is 0 Å². The molecule has 1 aliphatic heterocycles. The van der Waals surface area contributed by atoms with E-state index in [0.717, 1.165) is 10.8 Å². The predicted octanol–water partition coefficient (Wildman–Crippen LogP) is 1.58. The maximum atomic E-state index is 13.0. The fraction of sp³-hybridized carbons (Fsp3) is 0.350. The van der Waals surface area contributed by atoms with Gasteiger partial charge >= 0.3 is 0 Å². The van der Waals surface area contributed by atoms with E-state index in [2.05, 4.69) is 10.1 Å². The van der Waals surface area contributed by atoms with E-state index in [4.69, 9.17) is 0 Å². The molecule has 0 saturated carbocycles. The van der Waals surface area contributed by atoms with Crippen molar-refractivity contribution < 1.29 is 13.2 Å². The number of amides is 1. The van der Waals surface area contributed by atoms with Crippen molar-refractivity contribution in [1.29, 1.82) is 0 Å². The zero-order chi connectivity index (χ0) is 20.6. The van der Waals surface area contributed by atoms with Crippen LogP contribution in [-0.4, -0.2) is 64.5 Å². The maximum absolute atomic E-state index is 13.0. The molecule has 0 unspecified atom stereocenters. The largest absolute Gasteiger partial charge is 0.338 e. The number of carbonyl (C=O) groups excluding carboxylic acids is 1. The standard InChI is InChI=1S/C20H23N5O3S/c1-15-21-16(2)25(22-15)14-20(26)23-9-11-24(12-10-23)29(27,28)19-8-7-17-5-3-4-6-18(17)13-19/h3-8,13H,9-12,14H2,1-2H3. The number of hydrogen-bond donors (Lipinski definition) is 0. The van der Waals surface area contributed by atoms with Crippen LogP contribution in [0.5, 0.6) is 0 Å². The van der Waals surface area contributed by atoms with Crippen LogP contribution in [-0.2, 0) is 21.4 Å². The predicted molar refractivity (Wildman–Crippen MR) is 109 cm³/mol. The second kappa shape index (κ2) is 7.57. The van der Waals surface area contributed by atoms with Crippen molar-refractivity contribution in [3.63, 3.8) is 0 Å². The number of aromatic nitrogens is 3. The van der Waals surface area contributed by atoms with Crippen molar-refractivity contribution >= 4 is 26.7 Å². The summed E-state index contributed by atoms with van der Waals surface area (Å²) in [5.74, 6) is 1.23. The molecule has 0 aliphatic carbocycles. The third-order valence-corrected chi connectivity index (χ3v) is 7.09. The Morgan fingerprint density at radius 2 is 1.69 bits per heavy atom. The van der Waals surface area contributed by atoms with Gasteiger partial charge in [0.25, 0.3) is 0 Å². The molecule has 0 N–H and O–H groups in total. The van der Waals surface area contributed by atoms with E-state index in [1.807, 2.05) is 30.3 Å². The molecule has 152 valence electrons. The lowest BCUT2D eigenvalue weighted by Crippen LogP contribution is -2.51. The Morgan fingerprint density at radius 1 is 1.00 bits per heavy atom. The Hall–Kier alpha value is -2.78. The number of nitrogens with zero attached hydrogens (tertiary/aromatic N) is 5. The van der Waals surface area contributed by atoms with Crippen LogP contribution in [0.1, 0.15) is 11.6 Å². The average Bonchev–Trinajstić information content (AvgIpc) is 3.04. The number of benzene rings is 2. The number of piperazine rings is 1. The first-order valence-corrected chi connectivity index (χ1v) is 10.9. The first-order valence-electron chi connectivity index (χ1n) is 9.49. The second-order valence-corrected chi connectivity index (χ2v) is 9.10. The summed E-state index contributed by atoms with van der Waals surface area (Å²) in [4.78, 5) is 18.7. The quantitative estimate of drug-likeness (QED) is 0.648. The number of fused-ring (bicyclic) bond motifs is 1. The summed E-state index contributed by atoms with van der Waals surface area (Å²) in [7, 11) is -3.60. The smallest absolute Gasteiger partial charge is 0.244 e. The van der Waals surface area contributed by atoms with E-state index in [0.29, 0.717) is 24.7 Å². The topological polar surface area (TPSA) is 88.4 Å². The molecule has 2 aromatic carbocycles. The Kier molecular flexibility index (Phi) is 5.10. The molecular weight excluding hydrogens is 390 g/mol. The highest BCUT2D eigenvalue weighted by Crippen LogP contribution is 2.23. The normalized spacial score (nSPS) is 15.7. The molecule has 0 radical (unpaired) electrons. The monoisotopic (exact) mass is 413 g/mol. The van der Waals surface area contributed by atoms with Crippen LogP contribution in [0, 0.1) is 13.8 Å². The van der Waals surface area contributed by atoms with E-state index in [9.17, 15) is 13.2 Å². The lowest BCUT2D eigenvalue weighted by molar-refractivity contribution is -0.133. The molecule has 0 atom stereocenters. The van der Waals surface area contributed by atoms with Gasteiger partial charge in [0.2, 0.25) is 15.9 Å². The van der Waals surface area contributed by atoms with Gasteiger partial charge in [0.15, 0.2) is 0 Å². The van der Waals surface area contributed by atoms with E-state index < -0.39 is 10.0 Å². The molecule has 8 nitrogen and oxygen atoms in total. The fourth-order valence-corrected chi connectivity index (χ4v) is 5.05. The van der Waals surface area contributed by atoms with Gasteiger partial charge in [-0.05, 0) is 36.8 Å². The van der Waals surface area contributed by atoms with Gasteiger partial charge in [0, 0.05) is 26.2 Å². The van der Waals surface area contributed by atoms with Gasteiger partial charge in [-0.25, -0.2) is 18.1 Å². The SMILES string of the molecule is Cc1nc(C)n(CC(=O)N2CCN(S(=O)(=O)c3ccc4ccccc4c3)CC2)n1. The minimum atomic E-state index is -3.60. The number of aryl methyl sites for hydroxylation is 2. The summed E-state index contributed by atoms with van der Waals surface area (Å²) in [6, 6.07) is 12.8. The molecule has 2 heterocycles. The van der Waals surface area contributed by atoms with Crippen molar-refractivity contribution in [1.82, 2.24) is 24.0 Å². The fourth-order valence-electron chi connectivity index (χ4n) is 3.59. The lowest BCUT2D eigenvalue weighted by Gasteiger charge is -2.34. The zero-order valence-electron chi connectivity index (χ0n) is 16.4. The van der Waals surface area contributed by atoms with Crippen LogP contribution in [0.2, 0.25) is 0 Å². The van der Waals surface area contributed by atoms with Gasteiger partial charge in [-0.2, -0.15) is 9.40 Å². The Morgan fingerprint density at radius 3 is 2.34 bits per heavy atom. The Bertz CT molecular complexity index is 1160. The lowest BCUT2D eigenvalue weighted by atomic mass is 10.1. The van der Waals surface area contributed by atoms with Crippen LogP contribution in [0.3, 0.4) is 0 Å². The summed E-state index contributed by atoms with van der Waals surface area (Å²) in [5, 5.41) is 6.11. The summed E-state index contributed by atoms with van der Waals surface area (Å²) in [6.07, 6.45) is 0. The molecule has 1 saturated heterocycles. The van der Waals surface area contributed by atoms with Crippen molar-refractivity contribution in [2.75, 3.05) is 26.2 Å². The van der Waals surface area contributed by atoms with Crippen LogP contribution in [0.25, 0.3) is 10.8 Å². The average molecular weight is 414 g/mol. The van der Waals surface area contributed by atoms with Gasteiger partial charge in [-0.1, -0.05) is 30.3 Å². The molecule has 0 bridgehead atoms. The molecule has 1 aliphatic rings. The van der Waals surface area contributed by atoms with Gasteiger partial charge in [-0.15, -0.1) is 0 Å². The third kappa shape index (κ3) is 3.88. The number of sulfonamides is 1. The van der Waals surface area contributed by atoms with Crippen LogP contribution in [0.15, 0.2) is 47.4 Å². The third-order valence-electron chi connectivity index (χ3n) is 5.20. The summed E-state index contributed by atoms with van der Waals surface area (Å²) in [5.41, 5.74) is 0. The number of carbonyl (C=O) groups is 1. The van der Waals surface area contributed by atoms with Gasteiger partial charge in [0.1, 0.15) is 18.2 Å². The highest BCUT2D eigenvalue weighted by molar-refractivity contribution is 7.89. The minimum absolute atomic E-state index is 0.0826. The van der Waals surface area contributed by atoms with Gasteiger partial charge < -0.3 is 4.90 Å². The first-order chi connectivity index (χ1) is 13.8. The Balaban J connectivity index is 1.44. The molecule has 1 fully saturated rings. The molecule has 0 spiro atoms. The highest BCUT2D eigenvalue weighted by atomic mass is 32.2. The van der Waals surface area contributed by atoms with E-state index in [1.165, 1.54) is 4.31 Å². The molecular formula is C20H23N5O3S. The summed E-state index contributed by atoms with van der Waals surface area (Å²) in [6.45, 7) is 4.97. The van der Waals surface area contributed by atoms with Crippen molar-refractivity contribution in [2.45, 2.75) is 25.3 Å². The number of rotatable bonds is 4. The first kappa shape index (κ1) is 19.5. The number of hydrogen-bond acceptors (Lipinski definition) is 5. The second-order valence-electron chi connectivity index (χ2n) is 7.16. The minimum Gasteiger partial charge on any atom is -0.338 e. The van der Waals surface area contributed by atoms with Gasteiger partial charge in [0.05, 0.1) is 4.90 Å². The maximum Gasteiger partial charge on any atom is 0.244 e. The molecule has 3 aromatic rings. The molecule has 9 heteroatoms. The molecule has 29 heavy (non-hydrogen) atoms. The van der Waals surface area contributed by atoms with Crippen molar-refractivity contribution in [2.24, 2.45) is 0 Å². The molecule has 1 aromatic heterocycles. The summed E-state index contributed by atoms with van der Waals surface area (Å²) < 4.78 is 29.1.